The molecule has 0 fully saturated rings. The van der Waals surface area contributed by atoms with Crippen molar-refractivity contribution in [2.45, 2.75) is 31.6 Å². The Bertz CT molecular complexity index is 663. The average molecular weight is 285 g/mol. The highest BCUT2D eigenvalue weighted by Gasteiger charge is 2.28. The SMILES string of the molecule is NCCCC(C(=O)O)c1ncn2c1CCc1ccccc1-2. The number of carboxylic acid groups (broad SMARTS) is 1. The molecule has 21 heavy (non-hydrogen) atoms. The van der Waals surface area contributed by atoms with Crippen LogP contribution in [0.5, 0.6) is 0 Å². The van der Waals surface area contributed by atoms with Crippen molar-refractivity contribution in [3.63, 3.8) is 0 Å². The first kappa shape index (κ1) is 13.8. The van der Waals surface area contributed by atoms with Crippen LogP contribution in [0.2, 0.25) is 0 Å². The fourth-order valence-electron chi connectivity index (χ4n) is 3.04. The van der Waals surface area contributed by atoms with Crippen LogP contribution in [-0.2, 0) is 17.6 Å². The Kier molecular flexibility index (Phi) is 3.75. The van der Waals surface area contributed by atoms with E-state index in [0.717, 1.165) is 24.2 Å². The van der Waals surface area contributed by atoms with E-state index < -0.39 is 11.9 Å². The molecule has 0 bridgehead atoms. The molecular weight excluding hydrogens is 266 g/mol. The number of imidazole rings is 1. The van der Waals surface area contributed by atoms with Gasteiger partial charge in [0.2, 0.25) is 0 Å². The monoisotopic (exact) mass is 285 g/mol. The van der Waals surface area contributed by atoms with E-state index in [9.17, 15) is 9.90 Å². The number of para-hydroxylation sites is 1. The van der Waals surface area contributed by atoms with Gasteiger partial charge >= 0.3 is 5.97 Å². The number of carbonyl (C=O) groups is 1. The molecule has 1 aromatic carbocycles. The molecule has 5 heteroatoms. The van der Waals surface area contributed by atoms with Crippen LogP contribution in [0.15, 0.2) is 30.6 Å². The van der Waals surface area contributed by atoms with E-state index in [4.69, 9.17) is 5.73 Å². The van der Waals surface area contributed by atoms with Crippen molar-refractivity contribution in [1.82, 2.24) is 9.55 Å². The van der Waals surface area contributed by atoms with Gasteiger partial charge in [0.05, 0.1) is 12.0 Å². The van der Waals surface area contributed by atoms with Crippen LogP contribution in [0.1, 0.15) is 35.7 Å². The maximum Gasteiger partial charge on any atom is 0.312 e. The third-order valence-corrected chi connectivity index (χ3v) is 4.11. The molecule has 0 spiro atoms. The summed E-state index contributed by atoms with van der Waals surface area (Å²) < 4.78 is 2.03. The largest absolute Gasteiger partial charge is 0.481 e. The first-order valence-electron chi connectivity index (χ1n) is 7.29. The number of hydrogen-bond acceptors (Lipinski definition) is 3. The summed E-state index contributed by atoms with van der Waals surface area (Å²) in [6, 6.07) is 8.19. The Morgan fingerprint density at radius 2 is 2.19 bits per heavy atom. The lowest BCUT2D eigenvalue weighted by Crippen LogP contribution is -2.18. The molecule has 0 saturated heterocycles. The minimum absolute atomic E-state index is 0.503. The van der Waals surface area contributed by atoms with E-state index in [1.165, 1.54) is 5.56 Å². The summed E-state index contributed by atoms with van der Waals surface area (Å²) in [5, 5.41) is 9.48. The number of aliphatic carboxylic acids is 1. The molecule has 1 aromatic heterocycles. The summed E-state index contributed by atoms with van der Waals surface area (Å²) in [4.78, 5) is 16.0. The number of carboxylic acids is 1. The summed E-state index contributed by atoms with van der Waals surface area (Å²) in [6.07, 6.45) is 4.75. The molecule has 5 nitrogen and oxygen atoms in total. The lowest BCUT2D eigenvalue weighted by molar-refractivity contribution is -0.139. The first-order valence-corrected chi connectivity index (χ1v) is 7.29. The zero-order chi connectivity index (χ0) is 14.8. The zero-order valence-corrected chi connectivity index (χ0v) is 11.8. The van der Waals surface area contributed by atoms with Gasteiger partial charge in [0.15, 0.2) is 0 Å². The molecule has 1 aliphatic heterocycles. The lowest BCUT2D eigenvalue weighted by Gasteiger charge is -2.21. The van der Waals surface area contributed by atoms with Crippen LogP contribution >= 0.6 is 0 Å². The predicted molar refractivity (Wildman–Crippen MR) is 79.6 cm³/mol. The predicted octanol–water partition coefficient (Wildman–Crippen LogP) is 1.88. The molecule has 0 amide bonds. The Morgan fingerprint density at radius 3 is 2.95 bits per heavy atom. The van der Waals surface area contributed by atoms with Crippen molar-refractivity contribution in [3.8, 4) is 5.69 Å². The second kappa shape index (κ2) is 5.69. The summed E-state index contributed by atoms with van der Waals surface area (Å²) in [7, 11) is 0. The Balaban J connectivity index is 2.00. The van der Waals surface area contributed by atoms with E-state index in [1.807, 2.05) is 16.7 Å². The number of aromatic nitrogens is 2. The number of hydrogen-bond donors (Lipinski definition) is 2. The molecule has 1 atom stereocenters. The van der Waals surface area contributed by atoms with E-state index in [1.54, 1.807) is 6.33 Å². The number of nitrogens with zero attached hydrogens (tertiary/aromatic N) is 2. The normalized spacial score (nSPS) is 14.3. The fourth-order valence-corrected chi connectivity index (χ4v) is 3.04. The fraction of sp³-hybridized carbons (Fsp3) is 0.375. The van der Waals surface area contributed by atoms with Crippen LogP contribution in [-0.4, -0.2) is 27.2 Å². The van der Waals surface area contributed by atoms with Crippen molar-refractivity contribution >= 4 is 5.97 Å². The average Bonchev–Trinajstić information content (AvgIpc) is 2.92. The van der Waals surface area contributed by atoms with Gasteiger partial charge in [0.25, 0.3) is 0 Å². The van der Waals surface area contributed by atoms with Gasteiger partial charge in [-0.2, -0.15) is 0 Å². The van der Waals surface area contributed by atoms with E-state index in [0.29, 0.717) is 25.1 Å². The van der Waals surface area contributed by atoms with Gasteiger partial charge in [-0.05, 0) is 43.9 Å². The first-order chi connectivity index (χ1) is 10.2. The van der Waals surface area contributed by atoms with Gasteiger partial charge in [0, 0.05) is 11.4 Å². The number of nitrogens with two attached hydrogens (primary N) is 1. The maximum atomic E-state index is 11.5. The summed E-state index contributed by atoms with van der Waals surface area (Å²) in [5.74, 6) is -1.38. The third kappa shape index (κ3) is 2.45. The highest BCUT2D eigenvalue weighted by molar-refractivity contribution is 5.76. The second-order valence-electron chi connectivity index (χ2n) is 5.40. The highest BCUT2D eigenvalue weighted by Crippen LogP contribution is 2.31. The van der Waals surface area contributed by atoms with Crippen molar-refractivity contribution in [2.24, 2.45) is 5.73 Å². The standard InChI is InChI=1S/C16H19N3O2/c17-9-3-5-12(16(20)21)15-14-8-7-11-4-1-2-6-13(11)19(14)10-18-15/h1-2,4,6,10,12H,3,5,7-9,17H2,(H,20,21). The molecule has 2 aromatic rings. The van der Waals surface area contributed by atoms with Gasteiger partial charge in [-0.3, -0.25) is 4.79 Å². The van der Waals surface area contributed by atoms with E-state index in [-0.39, 0.29) is 0 Å². The molecule has 3 N–H and O–H groups in total. The Labute approximate surface area is 123 Å². The number of benzene rings is 1. The van der Waals surface area contributed by atoms with E-state index >= 15 is 0 Å². The number of fused-ring (bicyclic) bond motifs is 3. The van der Waals surface area contributed by atoms with Crippen LogP contribution in [0.3, 0.4) is 0 Å². The minimum Gasteiger partial charge on any atom is -0.481 e. The van der Waals surface area contributed by atoms with Crippen LogP contribution < -0.4 is 5.73 Å². The Hall–Kier alpha value is -2.14. The maximum absolute atomic E-state index is 11.5. The van der Waals surface area contributed by atoms with Gasteiger partial charge in [-0.1, -0.05) is 18.2 Å². The molecule has 0 saturated carbocycles. The molecule has 0 radical (unpaired) electrons. The molecule has 1 unspecified atom stereocenters. The van der Waals surface area contributed by atoms with Crippen molar-refractivity contribution < 1.29 is 9.90 Å². The molecular formula is C16H19N3O2. The summed E-state index contributed by atoms with van der Waals surface area (Å²) in [6.45, 7) is 0.503. The summed E-state index contributed by atoms with van der Waals surface area (Å²) in [5.41, 5.74) is 9.63. The van der Waals surface area contributed by atoms with Crippen molar-refractivity contribution in [2.75, 3.05) is 6.54 Å². The minimum atomic E-state index is -0.816. The highest BCUT2D eigenvalue weighted by atomic mass is 16.4. The smallest absolute Gasteiger partial charge is 0.312 e. The summed E-state index contributed by atoms with van der Waals surface area (Å²) >= 11 is 0. The lowest BCUT2D eigenvalue weighted by atomic mass is 9.93. The van der Waals surface area contributed by atoms with Crippen LogP contribution in [0, 0.1) is 0 Å². The number of aryl methyl sites for hydroxylation is 1. The quantitative estimate of drug-likeness (QED) is 0.879. The van der Waals surface area contributed by atoms with Crippen LogP contribution in [0.4, 0.5) is 0 Å². The Morgan fingerprint density at radius 1 is 1.38 bits per heavy atom. The van der Waals surface area contributed by atoms with Crippen LogP contribution in [0.25, 0.3) is 5.69 Å². The number of rotatable bonds is 5. The third-order valence-electron chi connectivity index (χ3n) is 4.11. The second-order valence-corrected chi connectivity index (χ2v) is 5.40. The van der Waals surface area contributed by atoms with Gasteiger partial charge < -0.3 is 15.4 Å². The van der Waals surface area contributed by atoms with Gasteiger partial charge in [-0.15, -0.1) is 0 Å². The topological polar surface area (TPSA) is 81.1 Å². The molecule has 3 rings (SSSR count). The van der Waals surface area contributed by atoms with Gasteiger partial charge in [-0.25, -0.2) is 4.98 Å². The molecule has 110 valence electrons. The van der Waals surface area contributed by atoms with Crippen molar-refractivity contribution in [1.29, 1.82) is 0 Å². The zero-order valence-electron chi connectivity index (χ0n) is 11.8. The molecule has 0 aliphatic carbocycles. The van der Waals surface area contributed by atoms with Gasteiger partial charge in [0.1, 0.15) is 5.92 Å². The van der Waals surface area contributed by atoms with E-state index in [2.05, 4.69) is 17.1 Å². The molecule has 1 aliphatic rings. The van der Waals surface area contributed by atoms with Crippen molar-refractivity contribution in [3.05, 3.63) is 47.5 Å². The molecule has 2 heterocycles.